The van der Waals surface area contributed by atoms with E-state index in [0.29, 0.717) is 31.4 Å². The van der Waals surface area contributed by atoms with Crippen molar-refractivity contribution in [2.24, 2.45) is 5.92 Å². The van der Waals surface area contributed by atoms with Crippen molar-refractivity contribution in [3.63, 3.8) is 0 Å². The number of aromatic hydroxyl groups is 1. The highest BCUT2D eigenvalue weighted by molar-refractivity contribution is 8.76. The van der Waals surface area contributed by atoms with Crippen LogP contribution in [0.25, 0.3) is 0 Å². The van der Waals surface area contributed by atoms with E-state index >= 15 is 0 Å². The molecule has 3 atom stereocenters. The number of hydrogen-bond acceptors (Lipinski definition) is 10. The summed E-state index contributed by atoms with van der Waals surface area (Å²) in [6, 6.07) is 9.61. The number of phenols is 1. The first-order chi connectivity index (χ1) is 20.2. The van der Waals surface area contributed by atoms with E-state index in [2.05, 4.69) is 21.0 Å². The monoisotopic (exact) mass is 617 g/mol. The van der Waals surface area contributed by atoms with E-state index in [9.17, 15) is 24.3 Å². The van der Waals surface area contributed by atoms with Crippen molar-refractivity contribution in [2.75, 3.05) is 19.4 Å². The van der Waals surface area contributed by atoms with Crippen LogP contribution in [-0.4, -0.2) is 76.3 Å². The second kappa shape index (κ2) is 17.0. The predicted molar refractivity (Wildman–Crippen MR) is 162 cm³/mol. The van der Waals surface area contributed by atoms with E-state index in [1.165, 1.54) is 24.3 Å². The predicted octanol–water partition coefficient (Wildman–Crippen LogP) is 2.84. The number of pyridine rings is 1. The van der Waals surface area contributed by atoms with Crippen LogP contribution in [0.2, 0.25) is 0 Å². The largest absolute Gasteiger partial charge is 0.508 e. The van der Waals surface area contributed by atoms with Crippen molar-refractivity contribution in [3.05, 3.63) is 54.2 Å². The summed E-state index contributed by atoms with van der Waals surface area (Å²) in [5.41, 5.74) is 3.55. The first-order valence-electron chi connectivity index (χ1n) is 13.9. The molecule has 1 saturated heterocycles. The molecule has 2 heterocycles. The number of nitrogens with zero attached hydrogens (tertiary/aromatic N) is 2. The summed E-state index contributed by atoms with van der Waals surface area (Å²) in [6.07, 6.45) is 3.81. The lowest BCUT2D eigenvalue weighted by atomic mass is 10.00. The Morgan fingerprint density at radius 2 is 1.98 bits per heavy atom. The van der Waals surface area contributed by atoms with E-state index in [4.69, 9.17) is 4.74 Å². The quantitative estimate of drug-likeness (QED) is 0.142. The zero-order chi connectivity index (χ0) is 30.5. The molecule has 1 fully saturated rings. The van der Waals surface area contributed by atoms with E-state index in [1.807, 2.05) is 32.0 Å². The molecule has 13 heteroatoms. The van der Waals surface area contributed by atoms with Gasteiger partial charge in [0.25, 0.3) is 5.91 Å². The molecule has 2 aromatic rings. The van der Waals surface area contributed by atoms with Gasteiger partial charge in [-0.05, 0) is 65.8 Å². The number of benzene rings is 1. The van der Waals surface area contributed by atoms with Crippen LogP contribution in [0, 0.1) is 5.92 Å². The number of hydrazine groups is 1. The van der Waals surface area contributed by atoms with Gasteiger partial charge in [-0.15, -0.1) is 0 Å². The third kappa shape index (κ3) is 10.5. The highest BCUT2D eigenvalue weighted by Gasteiger charge is 2.34. The maximum Gasteiger partial charge on any atom is 0.324 e. The average Bonchev–Trinajstić information content (AvgIpc) is 2.99. The maximum atomic E-state index is 13.6. The van der Waals surface area contributed by atoms with Crippen LogP contribution >= 0.6 is 21.6 Å². The summed E-state index contributed by atoms with van der Waals surface area (Å²) in [5, 5.41) is 17.8. The van der Waals surface area contributed by atoms with E-state index < -0.39 is 35.9 Å². The van der Waals surface area contributed by atoms with Gasteiger partial charge in [-0.25, -0.2) is 10.4 Å². The van der Waals surface area contributed by atoms with Crippen LogP contribution in [0.5, 0.6) is 5.75 Å². The maximum absolute atomic E-state index is 13.6. The molecule has 1 aliphatic rings. The third-order valence-corrected chi connectivity index (χ3v) is 8.93. The molecule has 42 heavy (non-hydrogen) atoms. The van der Waals surface area contributed by atoms with Crippen LogP contribution in [0.4, 0.5) is 0 Å². The summed E-state index contributed by atoms with van der Waals surface area (Å²) < 4.78 is 4.83. The van der Waals surface area contributed by atoms with Gasteiger partial charge in [-0.3, -0.25) is 24.2 Å². The van der Waals surface area contributed by atoms with Crippen molar-refractivity contribution in [3.8, 4) is 5.75 Å². The van der Waals surface area contributed by atoms with Gasteiger partial charge in [0.05, 0.1) is 7.11 Å². The Morgan fingerprint density at radius 1 is 1.17 bits per heavy atom. The molecule has 1 unspecified atom stereocenters. The fourth-order valence-electron chi connectivity index (χ4n) is 4.40. The number of phenolic OH excluding ortho intramolecular Hbond substituents is 1. The Morgan fingerprint density at radius 3 is 2.67 bits per heavy atom. The number of amides is 3. The lowest BCUT2D eigenvalue weighted by molar-refractivity contribution is -0.151. The molecule has 3 amide bonds. The van der Waals surface area contributed by atoms with Crippen LogP contribution < -0.4 is 16.1 Å². The Bertz CT molecular complexity index is 1200. The summed E-state index contributed by atoms with van der Waals surface area (Å²) in [5.74, 6) is -1.11. The van der Waals surface area contributed by atoms with E-state index in [0.717, 1.165) is 10.8 Å². The van der Waals surface area contributed by atoms with Gasteiger partial charge in [0.2, 0.25) is 11.8 Å². The molecule has 11 nitrogen and oxygen atoms in total. The number of methoxy groups -OCH3 is 1. The Kier molecular flexibility index (Phi) is 13.4. The number of carbonyl (C=O) groups is 4. The molecular weight excluding hydrogens is 578 g/mol. The summed E-state index contributed by atoms with van der Waals surface area (Å²) in [4.78, 5) is 56.2. The summed E-state index contributed by atoms with van der Waals surface area (Å²) in [7, 11) is 4.45. The second-order valence-electron chi connectivity index (χ2n) is 10.2. The lowest BCUT2D eigenvalue weighted by Crippen LogP contribution is -2.62. The molecule has 0 radical (unpaired) electrons. The minimum Gasteiger partial charge on any atom is -0.508 e. The molecule has 4 N–H and O–H groups in total. The highest BCUT2D eigenvalue weighted by atomic mass is 33.1. The van der Waals surface area contributed by atoms with Crippen molar-refractivity contribution >= 4 is 45.3 Å². The van der Waals surface area contributed by atoms with Gasteiger partial charge in [0.15, 0.2) is 0 Å². The third-order valence-electron chi connectivity index (χ3n) is 6.58. The smallest absolute Gasteiger partial charge is 0.324 e. The molecule has 228 valence electrons. The number of ether oxygens (including phenoxy) is 1. The lowest BCUT2D eigenvalue weighted by Gasteiger charge is -2.35. The Balaban J connectivity index is 1.62. The van der Waals surface area contributed by atoms with Crippen molar-refractivity contribution in [1.29, 1.82) is 0 Å². The molecule has 3 rings (SSSR count). The number of nitrogens with one attached hydrogen (secondary N) is 3. The topological polar surface area (TPSA) is 150 Å². The fourth-order valence-corrected chi connectivity index (χ4v) is 6.36. The van der Waals surface area contributed by atoms with Crippen LogP contribution in [0.15, 0.2) is 53.7 Å². The zero-order valence-corrected chi connectivity index (χ0v) is 25.7. The summed E-state index contributed by atoms with van der Waals surface area (Å²) in [6.45, 7) is 3.99. The van der Waals surface area contributed by atoms with Gasteiger partial charge in [-0.2, -0.15) is 0 Å². The standard InChI is InChI=1S/C29H39N5O6S2/c1-19(2)26(32-24(36)12-8-16-41-42-25-13-4-5-14-30-25)27(37)31-23(18-20-9-6-10-21(35)17-20)28(38)34-15-7-11-22(33-34)29(39)40-3/h4-6,9-10,13-14,17,19,22-23,26,33,35H,7-8,11-12,15-16,18H2,1-3H3,(H,31,37)(H,32,36)/t22-,23-,26?/m0/s1. The SMILES string of the molecule is COC(=O)[C@@H]1CCCN(C(=O)[C@H](Cc2cccc(O)c2)NC(=O)C(NC(=O)CCCSSc2ccccn2)C(C)C)N1. The minimum absolute atomic E-state index is 0.0378. The van der Waals surface area contributed by atoms with Crippen molar-refractivity contribution < 1.29 is 29.0 Å². The molecule has 1 aromatic carbocycles. The molecule has 0 saturated carbocycles. The zero-order valence-electron chi connectivity index (χ0n) is 24.1. The van der Waals surface area contributed by atoms with E-state index in [1.54, 1.807) is 39.9 Å². The van der Waals surface area contributed by atoms with Gasteiger partial charge >= 0.3 is 5.97 Å². The van der Waals surface area contributed by atoms with E-state index in [-0.39, 0.29) is 30.4 Å². The Labute approximate surface area is 254 Å². The molecule has 0 aliphatic carbocycles. The Hall–Kier alpha value is -3.29. The molecular formula is C29H39N5O6S2. The van der Waals surface area contributed by atoms with Gasteiger partial charge in [-0.1, -0.05) is 42.8 Å². The van der Waals surface area contributed by atoms with Crippen LogP contribution in [0.3, 0.4) is 0 Å². The first kappa shape index (κ1) is 33.2. The van der Waals surface area contributed by atoms with Crippen LogP contribution in [-0.2, 0) is 30.3 Å². The first-order valence-corrected chi connectivity index (χ1v) is 16.2. The van der Waals surface area contributed by atoms with Gasteiger partial charge in [0, 0.05) is 31.3 Å². The number of rotatable bonds is 14. The highest BCUT2D eigenvalue weighted by Crippen LogP contribution is 2.29. The van der Waals surface area contributed by atoms with Gasteiger partial charge < -0.3 is 20.5 Å². The summed E-state index contributed by atoms with van der Waals surface area (Å²) >= 11 is 0. The molecule has 1 aromatic heterocycles. The van der Waals surface area contributed by atoms with Crippen molar-refractivity contribution in [1.82, 2.24) is 26.1 Å². The normalized spacial score (nSPS) is 16.4. The number of esters is 1. The molecule has 0 spiro atoms. The number of carbonyl (C=O) groups excluding carboxylic acids is 4. The number of hydrogen-bond donors (Lipinski definition) is 4. The van der Waals surface area contributed by atoms with Gasteiger partial charge in [0.1, 0.15) is 28.9 Å². The van der Waals surface area contributed by atoms with Crippen molar-refractivity contribution in [2.45, 2.75) is 69.1 Å². The fraction of sp³-hybridized carbons (Fsp3) is 0.483. The van der Waals surface area contributed by atoms with Crippen LogP contribution in [0.1, 0.15) is 45.1 Å². The minimum atomic E-state index is -1.01. The number of aromatic nitrogens is 1. The average molecular weight is 618 g/mol. The molecule has 1 aliphatic heterocycles. The molecule has 0 bridgehead atoms. The second-order valence-corrected chi connectivity index (χ2v) is 12.7.